The highest BCUT2D eigenvalue weighted by molar-refractivity contribution is 6.01. The number of pyridine rings is 1. The molecule has 3 aromatic carbocycles. The molecule has 2 aliphatic rings. The van der Waals surface area contributed by atoms with Gasteiger partial charge in [-0.05, 0) is 70.0 Å². The summed E-state index contributed by atoms with van der Waals surface area (Å²) in [5.41, 5.74) is 19.5. The first-order valence-corrected chi connectivity index (χ1v) is 15.7. The molecule has 0 saturated carbocycles. The molecule has 0 atom stereocenters. The second kappa shape index (κ2) is 12.1. The van der Waals surface area contributed by atoms with Gasteiger partial charge < -0.3 is 35.6 Å². The summed E-state index contributed by atoms with van der Waals surface area (Å²) >= 11 is 0. The molecule has 3 heterocycles. The Bertz CT molecular complexity index is 1870. The SMILES string of the molecule is Cc1ccc(N)c(N)c1Oc1cccc2c(N3CCN(C(=O)OC(C)(C)C)CC3)c(C#N)c(-c3cccc4c3CCN(C)C4)nc12. The van der Waals surface area contributed by atoms with Crippen LogP contribution in [0.1, 0.15) is 43.0 Å². The highest BCUT2D eigenvalue weighted by atomic mass is 16.6. The van der Waals surface area contributed by atoms with Gasteiger partial charge in [0.15, 0.2) is 11.5 Å². The standard InChI is InChI=1S/C36H41N7O3/c1-22-12-13-28(38)30(39)34(22)45-29-11-7-10-26-32(29)40-31(25-9-6-8-23-21-41(5)15-14-24(23)25)27(20-37)33(26)42-16-18-43(19-17-42)35(44)46-36(2,3)4/h6-13H,14-19,21,38-39H2,1-5H3. The van der Waals surface area contributed by atoms with Crippen LogP contribution in [-0.4, -0.2) is 66.2 Å². The number of nitrogens with two attached hydrogens (primary N) is 2. The summed E-state index contributed by atoms with van der Waals surface area (Å²) in [6.07, 6.45) is 0.521. The number of ether oxygens (including phenoxy) is 2. The van der Waals surface area contributed by atoms with Gasteiger partial charge >= 0.3 is 6.09 Å². The van der Waals surface area contributed by atoms with Gasteiger partial charge in [0, 0.05) is 50.2 Å². The quantitative estimate of drug-likeness (QED) is 0.261. The van der Waals surface area contributed by atoms with Gasteiger partial charge in [-0.1, -0.05) is 36.4 Å². The fourth-order valence-electron chi connectivity index (χ4n) is 6.34. The molecule has 6 rings (SSSR count). The Hall–Kier alpha value is -5.01. The Labute approximate surface area is 270 Å². The molecular weight excluding hydrogens is 578 g/mol. The van der Waals surface area contributed by atoms with Crippen LogP contribution in [0.25, 0.3) is 22.2 Å². The van der Waals surface area contributed by atoms with Crippen molar-refractivity contribution in [2.75, 3.05) is 56.1 Å². The van der Waals surface area contributed by atoms with E-state index < -0.39 is 5.60 Å². The molecular formula is C36H41N7O3. The van der Waals surface area contributed by atoms with Crippen molar-refractivity contribution in [1.82, 2.24) is 14.8 Å². The van der Waals surface area contributed by atoms with E-state index in [1.165, 1.54) is 11.1 Å². The Morgan fingerprint density at radius 2 is 1.74 bits per heavy atom. The number of para-hydroxylation sites is 1. The topological polar surface area (TPSA) is 134 Å². The average Bonchev–Trinajstić information content (AvgIpc) is 3.03. The first kappa shape index (κ1) is 31.0. The lowest BCUT2D eigenvalue weighted by molar-refractivity contribution is 0.0240. The molecule has 10 nitrogen and oxygen atoms in total. The smallest absolute Gasteiger partial charge is 0.410 e. The molecule has 1 saturated heterocycles. The van der Waals surface area contributed by atoms with Crippen LogP contribution >= 0.6 is 0 Å². The Kier molecular flexibility index (Phi) is 8.13. The van der Waals surface area contributed by atoms with Crippen molar-refractivity contribution >= 4 is 34.1 Å². The van der Waals surface area contributed by atoms with Crippen LogP contribution in [0.5, 0.6) is 11.5 Å². The van der Waals surface area contributed by atoms with Crippen LogP contribution < -0.4 is 21.1 Å². The number of likely N-dealkylation sites (N-methyl/N-ethyl adjacent to an activating group) is 1. The molecule has 238 valence electrons. The third-order valence-electron chi connectivity index (χ3n) is 8.66. The molecule has 1 amide bonds. The third-order valence-corrected chi connectivity index (χ3v) is 8.66. The fraction of sp³-hybridized carbons (Fsp3) is 0.361. The number of benzene rings is 3. The Morgan fingerprint density at radius 3 is 2.46 bits per heavy atom. The van der Waals surface area contributed by atoms with Gasteiger partial charge in [-0.25, -0.2) is 9.78 Å². The maximum absolute atomic E-state index is 12.9. The van der Waals surface area contributed by atoms with Gasteiger partial charge in [0.1, 0.15) is 22.8 Å². The van der Waals surface area contributed by atoms with Crippen molar-refractivity contribution < 1.29 is 14.3 Å². The summed E-state index contributed by atoms with van der Waals surface area (Å²) in [6, 6.07) is 18.2. The minimum Gasteiger partial charge on any atom is -0.453 e. The average molecular weight is 620 g/mol. The van der Waals surface area contributed by atoms with E-state index in [-0.39, 0.29) is 6.09 Å². The van der Waals surface area contributed by atoms with E-state index in [0.717, 1.165) is 41.7 Å². The summed E-state index contributed by atoms with van der Waals surface area (Å²) in [5.74, 6) is 0.995. The molecule has 0 unspecified atom stereocenters. The number of nitrogen functional groups attached to an aromatic ring is 2. The predicted molar refractivity (Wildman–Crippen MR) is 182 cm³/mol. The van der Waals surface area contributed by atoms with Gasteiger partial charge in [-0.2, -0.15) is 5.26 Å². The van der Waals surface area contributed by atoms with Crippen LogP contribution in [0.4, 0.5) is 21.9 Å². The van der Waals surface area contributed by atoms with E-state index in [4.69, 9.17) is 25.9 Å². The number of nitriles is 1. The molecule has 1 aromatic heterocycles. The van der Waals surface area contributed by atoms with Crippen LogP contribution in [0, 0.1) is 18.3 Å². The van der Waals surface area contributed by atoms with E-state index in [0.29, 0.717) is 65.8 Å². The van der Waals surface area contributed by atoms with Crippen molar-refractivity contribution in [3.8, 4) is 28.8 Å². The Balaban J connectivity index is 1.52. The summed E-state index contributed by atoms with van der Waals surface area (Å²) in [4.78, 5) is 24.3. The number of rotatable bonds is 4. The van der Waals surface area contributed by atoms with Crippen molar-refractivity contribution in [3.63, 3.8) is 0 Å². The van der Waals surface area contributed by atoms with Gasteiger partial charge in [0.25, 0.3) is 0 Å². The number of carbonyl (C=O) groups is 1. The highest BCUT2D eigenvalue weighted by Crippen LogP contribution is 2.43. The van der Waals surface area contributed by atoms with Crippen molar-refractivity contribution in [2.24, 2.45) is 0 Å². The van der Waals surface area contributed by atoms with Crippen molar-refractivity contribution in [1.29, 1.82) is 5.26 Å². The van der Waals surface area contributed by atoms with Crippen LogP contribution in [0.15, 0.2) is 48.5 Å². The zero-order valence-corrected chi connectivity index (χ0v) is 27.2. The van der Waals surface area contributed by atoms with E-state index in [9.17, 15) is 10.1 Å². The summed E-state index contributed by atoms with van der Waals surface area (Å²) in [5, 5.41) is 11.6. The van der Waals surface area contributed by atoms with Crippen LogP contribution in [0.3, 0.4) is 0 Å². The molecule has 2 aliphatic heterocycles. The van der Waals surface area contributed by atoms with Gasteiger partial charge in [-0.15, -0.1) is 0 Å². The molecule has 4 aromatic rings. The highest BCUT2D eigenvalue weighted by Gasteiger charge is 2.30. The molecule has 46 heavy (non-hydrogen) atoms. The number of nitrogens with zero attached hydrogens (tertiary/aromatic N) is 5. The Morgan fingerprint density at radius 1 is 1.00 bits per heavy atom. The van der Waals surface area contributed by atoms with Crippen molar-refractivity contribution in [2.45, 2.75) is 46.3 Å². The molecule has 0 aliphatic carbocycles. The second-order valence-electron chi connectivity index (χ2n) is 13.2. The van der Waals surface area contributed by atoms with Crippen molar-refractivity contribution in [3.05, 3.63) is 70.8 Å². The number of anilines is 3. The van der Waals surface area contributed by atoms with Gasteiger partial charge in [0.05, 0.1) is 22.8 Å². The zero-order valence-electron chi connectivity index (χ0n) is 27.2. The number of fused-ring (bicyclic) bond motifs is 2. The lowest BCUT2D eigenvalue weighted by atomic mass is 9.90. The van der Waals surface area contributed by atoms with Gasteiger partial charge in [0.2, 0.25) is 0 Å². The van der Waals surface area contributed by atoms with E-state index in [2.05, 4.69) is 35.0 Å². The summed E-state index contributed by atoms with van der Waals surface area (Å²) in [6.45, 7) is 11.2. The lowest BCUT2D eigenvalue weighted by Crippen LogP contribution is -2.50. The predicted octanol–water partition coefficient (Wildman–Crippen LogP) is 6.08. The first-order chi connectivity index (χ1) is 21.9. The number of aromatic nitrogens is 1. The maximum atomic E-state index is 12.9. The van der Waals surface area contributed by atoms with Gasteiger partial charge in [-0.3, -0.25) is 0 Å². The molecule has 0 radical (unpaired) electrons. The molecule has 0 spiro atoms. The minimum absolute atomic E-state index is 0.334. The second-order valence-corrected chi connectivity index (χ2v) is 13.2. The maximum Gasteiger partial charge on any atom is 0.410 e. The van der Waals surface area contributed by atoms with E-state index in [1.54, 1.807) is 11.0 Å². The normalized spacial score (nSPS) is 15.4. The molecule has 0 bridgehead atoms. The monoisotopic (exact) mass is 619 g/mol. The molecule has 4 N–H and O–H groups in total. The fourth-order valence-corrected chi connectivity index (χ4v) is 6.34. The lowest BCUT2D eigenvalue weighted by Gasteiger charge is -2.37. The number of carbonyl (C=O) groups excluding carboxylic acids is 1. The number of hydrogen-bond acceptors (Lipinski definition) is 9. The third kappa shape index (κ3) is 5.86. The van der Waals surface area contributed by atoms with Crippen LogP contribution in [-0.2, 0) is 17.7 Å². The van der Waals surface area contributed by atoms with Crippen LogP contribution in [0.2, 0.25) is 0 Å². The molecule has 1 fully saturated rings. The van der Waals surface area contributed by atoms with E-state index in [1.807, 2.05) is 58.0 Å². The molecule has 10 heteroatoms. The number of amides is 1. The number of aryl methyl sites for hydroxylation is 1. The number of hydrogen-bond donors (Lipinski definition) is 2. The zero-order chi connectivity index (χ0) is 32.7. The number of piperazine rings is 1. The summed E-state index contributed by atoms with van der Waals surface area (Å²) < 4.78 is 12.2. The minimum atomic E-state index is -0.580. The van der Waals surface area contributed by atoms with E-state index >= 15 is 0 Å². The first-order valence-electron chi connectivity index (χ1n) is 15.7. The largest absolute Gasteiger partial charge is 0.453 e. The summed E-state index contributed by atoms with van der Waals surface area (Å²) in [7, 11) is 2.12.